The van der Waals surface area contributed by atoms with Crippen molar-refractivity contribution in [3.05, 3.63) is 41.7 Å². The van der Waals surface area contributed by atoms with Crippen LogP contribution in [-0.4, -0.2) is 15.9 Å². The van der Waals surface area contributed by atoms with E-state index < -0.39 is 0 Å². The molecule has 0 unspecified atom stereocenters. The van der Waals surface area contributed by atoms with Gasteiger partial charge < -0.3 is 11.5 Å². The molecule has 0 aliphatic heterocycles. The van der Waals surface area contributed by atoms with E-state index in [4.69, 9.17) is 23.1 Å². The second kappa shape index (κ2) is 7.59. The van der Waals surface area contributed by atoms with Gasteiger partial charge in [0.05, 0.1) is 0 Å². The van der Waals surface area contributed by atoms with Gasteiger partial charge in [0.1, 0.15) is 0 Å². The molecule has 0 fully saturated rings. The number of hydrogen-bond acceptors (Lipinski definition) is 4. The molecule has 17 heavy (non-hydrogen) atoms. The van der Waals surface area contributed by atoms with Crippen LogP contribution < -0.4 is 11.5 Å². The van der Waals surface area contributed by atoms with Gasteiger partial charge in [0.25, 0.3) is 0 Å². The van der Waals surface area contributed by atoms with Crippen molar-refractivity contribution in [2.75, 3.05) is 0 Å². The van der Waals surface area contributed by atoms with Crippen LogP contribution in [0.5, 0.6) is 0 Å². The molecule has 0 bridgehead atoms. The van der Waals surface area contributed by atoms with Crippen molar-refractivity contribution in [1.82, 2.24) is 9.97 Å². The molecule has 2 rings (SSSR count). The molecule has 2 heterocycles. The maximum atomic E-state index is 5.49. The van der Waals surface area contributed by atoms with E-state index in [1.165, 1.54) is 11.3 Å². The lowest BCUT2D eigenvalue weighted by atomic mass is 10.3. The lowest BCUT2D eigenvalue weighted by Gasteiger charge is -1.87. The zero-order valence-electron chi connectivity index (χ0n) is 8.95. The van der Waals surface area contributed by atoms with Gasteiger partial charge in [0, 0.05) is 29.9 Å². The number of guanidine groups is 1. The van der Waals surface area contributed by atoms with Crippen LogP contribution in [0.25, 0.3) is 0 Å². The summed E-state index contributed by atoms with van der Waals surface area (Å²) >= 11 is 6.88. The Morgan fingerprint density at radius 1 is 1.41 bits per heavy atom. The van der Waals surface area contributed by atoms with Crippen LogP contribution in [0.15, 0.2) is 41.1 Å². The largest absolute Gasteiger partial charge is 0.370 e. The Morgan fingerprint density at radius 3 is 2.65 bits per heavy atom. The fourth-order valence-electron chi connectivity index (χ4n) is 0.859. The molecule has 2 aromatic rings. The fraction of sp³-hybridized carbons (Fsp3) is 0.100. The average molecular weight is 270 g/mol. The second-order valence-corrected chi connectivity index (χ2v) is 3.99. The van der Waals surface area contributed by atoms with E-state index in [1.807, 2.05) is 17.5 Å². The van der Waals surface area contributed by atoms with Crippen LogP contribution in [0.4, 0.5) is 5.13 Å². The number of nitrogens with zero attached hydrogens (tertiary/aromatic N) is 3. The number of aliphatic imine (C=N–C) groups is 1. The zero-order chi connectivity index (χ0) is 12.5. The molecule has 5 nitrogen and oxygen atoms in total. The van der Waals surface area contributed by atoms with Crippen LogP contribution in [0.2, 0.25) is 0 Å². The summed E-state index contributed by atoms with van der Waals surface area (Å²) in [6.45, 7) is 0. The van der Waals surface area contributed by atoms with Crippen LogP contribution >= 0.6 is 22.9 Å². The van der Waals surface area contributed by atoms with Gasteiger partial charge >= 0.3 is 0 Å². The van der Waals surface area contributed by atoms with Crippen molar-refractivity contribution in [3.63, 3.8) is 0 Å². The van der Waals surface area contributed by atoms with Crippen molar-refractivity contribution in [3.8, 4) is 0 Å². The summed E-state index contributed by atoms with van der Waals surface area (Å²) in [7, 11) is 0. The fourth-order valence-corrected chi connectivity index (χ4v) is 1.54. The monoisotopic (exact) mass is 269 g/mol. The smallest absolute Gasteiger partial charge is 0.212 e. The first-order chi connectivity index (χ1) is 8.22. The number of thiazole rings is 1. The van der Waals surface area contributed by atoms with E-state index in [-0.39, 0.29) is 5.96 Å². The zero-order valence-corrected chi connectivity index (χ0v) is 10.5. The maximum absolute atomic E-state index is 5.49. The molecule has 4 N–H and O–H groups in total. The third-order valence-electron chi connectivity index (χ3n) is 1.52. The highest BCUT2D eigenvalue weighted by Crippen LogP contribution is 2.13. The molecule has 0 radical (unpaired) electrons. The first-order valence-corrected chi connectivity index (χ1v) is 6.07. The van der Waals surface area contributed by atoms with Crippen LogP contribution in [-0.2, 0) is 5.88 Å². The quantitative estimate of drug-likeness (QED) is 0.495. The van der Waals surface area contributed by atoms with E-state index in [2.05, 4.69) is 15.0 Å². The summed E-state index contributed by atoms with van der Waals surface area (Å²) < 4.78 is 0. The summed E-state index contributed by atoms with van der Waals surface area (Å²) in [6, 6.07) is 3.82. The first-order valence-electron chi connectivity index (χ1n) is 4.66. The van der Waals surface area contributed by atoms with Crippen LogP contribution in [0, 0.1) is 0 Å². The minimum atomic E-state index is 0.0463. The van der Waals surface area contributed by atoms with E-state index in [0.29, 0.717) is 11.0 Å². The SMILES string of the molecule is ClCc1cccnc1.NC(N)=Nc1nccs1. The van der Waals surface area contributed by atoms with Gasteiger partial charge in [0.2, 0.25) is 5.13 Å². The van der Waals surface area contributed by atoms with Gasteiger partial charge in [-0.3, -0.25) is 4.98 Å². The Kier molecular flexibility index (Phi) is 5.98. The van der Waals surface area contributed by atoms with E-state index in [1.54, 1.807) is 18.6 Å². The Hall–Kier alpha value is -1.66. The molecular weight excluding hydrogens is 258 g/mol. The minimum absolute atomic E-state index is 0.0463. The van der Waals surface area contributed by atoms with Crippen molar-refractivity contribution in [1.29, 1.82) is 0 Å². The van der Waals surface area contributed by atoms with Gasteiger partial charge in [-0.1, -0.05) is 6.07 Å². The van der Waals surface area contributed by atoms with Gasteiger partial charge in [0.15, 0.2) is 5.96 Å². The predicted molar refractivity (Wildman–Crippen MR) is 71.4 cm³/mol. The predicted octanol–water partition coefficient (Wildman–Crippen LogP) is 1.87. The number of nitrogens with two attached hydrogens (primary N) is 2. The number of halogens is 1. The molecular formula is C10H12ClN5S. The van der Waals surface area contributed by atoms with Crippen LogP contribution in [0.1, 0.15) is 5.56 Å². The van der Waals surface area contributed by atoms with Gasteiger partial charge in [-0.15, -0.1) is 22.9 Å². The molecule has 0 aromatic carbocycles. The second-order valence-electron chi connectivity index (χ2n) is 2.85. The molecule has 0 saturated carbocycles. The molecule has 0 aliphatic rings. The third kappa shape index (κ3) is 5.84. The molecule has 0 aliphatic carbocycles. The number of aromatic nitrogens is 2. The maximum Gasteiger partial charge on any atom is 0.212 e. The summed E-state index contributed by atoms with van der Waals surface area (Å²) in [4.78, 5) is 11.4. The minimum Gasteiger partial charge on any atom is -0.370 e. The summed E-state index contributed by atoms with van der Waals surface area (Å²) in [5.74, 6) is 0.596. The van der Waals surface area contributed by atoms with Gasteiger partial charge in [-0.25, -0.2) is 4.98 Å². The summed E-state index contributed by atoms with van der Waals surface area (Å²) in [6.07, 6.45) is 5.13. The highest BCUT2D eigenvalue weighted by atomic mass is 35.5. The van der Waals surface area contributed by atoms with Crippen LogP contribution in [0.3, 0.4) is 0 Å². The van der Waals surface area contributed by atoms with Crippen molar-refractivity contribution >= 4 is 34.0 Å². The van der Waals surface area contributed by atoms with E-state index >= 15 is 0 Å². The first kappa shape index (κ1) is 13.4. The molecule has 7 heteroatoms. The Bertz CT molecular complexity index is 439. The van der Waals surface area contributed by atoms with Crippen molar-refractivity contribution < 1.29 is 0 Å². The molecule has 0 atom stereocenters. The standard InChI is InChI=1S/C6H6ClN.C4H6N4S/c7-4-6-2-1-3-8-5-6;5-3(6)8-4-7-1-2-9-4/h1-3,5H,4H2;1-2H,(H4,5,6,7,8). The topological polar surface area (TPSA) is 90.2 Å². The van der Waals surface area contributed by atoms with Gasteiger partial charge in [-0.2, -0.15) is 4.99 Å². The van der Waals surface area contributed by atoms with E-state index in [0.717, 1.165) is 5.56 Å². The molecule has 0 spiro atoms. The lowest BCUT2D eigenvalue weighted by molar-refractivity contribution is 1.25. The number of rotatable bonds is 2. The molecule has 0 saturated heterocycles. The number of hydrogen-bond donors (Lipinski definition) is 2. The third-order valence-corrected chi connectivity index (χ3v) is 2.50. The summed E-state index contributed by atoms with van der Waals surface area (Å²) in [5, 5.41) is 2.40. The molecule has 0 amide bonds. The molecule has 2 aromatic heterocycles. The van der Waals surface area contributed by atoms with E-state index in [9.17, 15) is 0 Å². The number of alkyl halides is 1. The Labute approximate surface area is 108 Å². The summed E-state index contributed by atoms with van der Waals surface area (Å²) in [5.41, 5.74) is 11.2. The number of pyridine rings is 1. The van der Waals surface area contributed by atoms with Gasteiger partial charge in [-0.05, 0) is 11.6 Å². The lowest BCUT2D eigenvalue weighted by Crippen LogP contribution is -2.21. The van der Waals surface area contributed by atoms with Crippen molar-refractivity contribution in [2.24, 2.45) is 16.5 Å². The Morgan fingerprint density at radius 2 is 2.24 bits per heavy atom. The Balaban J connectivity index is 0.000000171. The average Bonchev–Trinajstić information content (AvgIpc) is 2.83. The highest BCUT2D eigenvalue weighted by molar-refractivity contribution is 7.13. The molecule has 90 valence electrons. The highest BCUT2D eigenvalue weighted by Gasteiger charge is 1.88. The normalized spacial score (nSPS) is 9.00. The van der Waals surface area contributed by atoms with Crippen molar-refractivity contribution in [2.45, 2.75) is 5.88 Å².